The zero-order chi connectivity index (χ0) is 15.8. The summed E-state index contributed by atoms with van der Waals surface area (Å²) in [6, 6.07) is 6.08. The minimum atomic E-state index is -0.683. The molecular weight excluding hydrogens is 268 g/mol. The summed E-state index contributed by atoms with van der Waals surface area (Å²) in [6.45, 7) is 6.89. The number of aliphatic hydroxyl groups is 1. The average molecular weight is 290 g/mol. The van der Waals surface area contributed by atoms with Gasteiger partial charge in [0.2, 0.25) is 5.91 Å². The van der Waals surface area contributed by atoms with Crippen LogP contribution in [0.5, 0.6) is 0 Å². The van der Waals surface area contributed by atoms with Gasteiger partial charge in [-0.15, -0.1) is 6.58 Å². The molecule has 5 heteroatoms. The first-order valence-electron chi connectivity index (χ1n) is 6.87. The number of rotatable bonds is 7. The predicted octanol–water partition coefficient (Wildman–Crippen LogP) is 1.17. The highest BCUT2D eigenvalue weighted by Gasteiger charge is 2.19. The summed E-state index contributed by atoms with van der Waals surface area (Å²) >= 11 is 0. The number of benzene rings is 1. The Balaban J connectivity index is 2.59. The highest BCUT2D eigenvalue weighted by atomic mass is 16.3. The quantitative estimate of drug-likeness (QED) is 0.660. The lowest BCUT2D eigenvalue weighted by molar-refractivity contribution is -0.123. The molecule has 1 aromatic rings. The second kappa shape index (κ2) is 8.21. The molecule has 0 aliphatic carbocycles. The standard InChI is InChI=1S/C16H22N2O3/c1-4-6-14(10-19)18-15(20)12(3)17-16(21)13-8-5-7-11(2)9-13/h4-5,7-9,12,14,19H,1,6,10H2,2-3H3,(H,17,21)(H,18,20)/t12-,14-/m1/s1. The lowest BCUT2D eigenvalue weighted by Crippen LogP contribution is -2.48. The van der Waals surface area contributed by atoms with Crippen molar-refractivity contribution in [3.05, 3.63) is 48.0 Å². The van der Waals surface area contributed by atoms with Crippen molar-refractivity contribution >= 4 is 11.8 Å². The normalized spacial score (nSPS) is 13.1. The molecule has 3 N–H and O–H groups in total. The molecule has 0 saturated carbocycles. The monoisotopic (exact) mass is 290 g/mol. The van der Waals surface area contributed by atoms with Gasteiger partial charge >= 0.3 is 0 Å². The van der Waals surface area contributed by atoms with Crippen LogP contribution in [0.1, 0.15) is 29.3 Å². The van der Waals surface area contributed by atoms with Crippen molar-refractivity contribution in [2.45, 2.75) is 32.4 Å². The summed E-state index contributed by atoms with van der Waals surface area (Å²) in [5.41, 5.74) is 1.49. The highest BCUT2D eigenvalue weighted by Crippen LogP contribution is 2.04. The fourth-order valence-corrected chi connectivity index (χ4v) is 1.84. The van der Waals surface area contributed by atoms with Crippen molar-refractivity contribution in [2.24, 2.45) is 0 Å². The lowest BCUT2D eigenvalue weighted by atomic mass is 10.1. The molecule has 2 amide bonds. The SMILES string of the molecule is C=CC[C@H](CO)NC(=O)[C@@H](C)NC(=O)c1cccc(C)c1. The summed E-state index contributed by atoms with van der Waals surface area (Å²) in [5.74, 6) is -0.637. The molecule has 0 saturated heterocycles. The lowest BCUT2D eigenvalue weighted by Gasteiger charge is -2.19. The van der Waals surface area contributed by atoms with Crippen molar-refractivity contribution in [1.29, 1.82) is 0 Å². The second-order valence-electron chi connectivity index (χ2n) is 4.98. The summed E-state index contributed by atoms with van der Waals surface area (Å²) < 4.78 is 0. The molecule has 0 unspecified atom stereocenters. The topological polar surface area (TPSA) is 78.4 Å². The van der Waals surface area contributed by atoms with E-state index in [2.05, 4.69) is 17.2 Å². The molecule has 1 aromatic carbocycles. The van der Waals surface area contributed by atoms with Gasteiger partial charge in [0, 0.05) is 5.56 Å². The number of nitrogens with one attached hydrogen (secondary N) is 2. The van der Waals surface area contributed by atoms with Gasteiger partial charge in [-0.1, -0.05) is 23.8 Å². The summed E-state index contributed by atoms with van der Waals surface area (Å²) in [7, 11) is 0. The highest BCUT2D eigenvalue weighted by molar-refractivity contribution is 5.97. The van der Waals surface area contributed by atoms with Gasteiger partial charge < -0.3 is 15.7 Å². The molecule has 1 rings (SSSR count). The van der Waals surface area contributed by atoms with E-state index in [1.165, 1.54) is 0 Å². The Morgan fingerprint density at radius 3 is 2.67 bits per heavy atom. The average Bonchev–Trinajstić information content (AvgIpc) is 2.46. The Bertz CT molecular complexity index is 514. The molecule has 0 bridgehead atoms. The Morgan fingerprint density at radius 1 is 1.38 bits per heavy atom. The summed E-state index contributed by atoms with van der Waals surface area (Å²) in [4.78, 5) is 24.0. The van der Waals surface area contributed by atoms with Crippen LogP contribution in [0, 0.1) is 6.92 Å². The van der Waals surface area contributed by atoms with Crippen LogP contribution in [0.15, 0.2) is 36.9 Å². The van der Waals surface area contributed by atoms with Gasteiger partial charge in [0.15, 0.2) is 0 Å². The summed E-state index contributed by atoms with van der Waals surface area (Å²) in [5, 5.41) is 14.4. The fourth-order valence-electron chi connectivity index (χ4n) is 1.84. The maximum atomic E-state index is 12.0. The van der Waals surface area contributed by atoms with E-state index in [0.717, 1.165) is 5.56 Å². The molecule has 21 heavy (non-hydrogen) atoms. The maximum Gasteiger partial charge on any atom is 0.251 e. The van der Waals surface area contributed by atoms with E-state index in [1.807, 2.05) is 13.0 Å². The van der Waals surface area contributed by atoms with Crippen LogP contribution < -0.4 is 10.6 Å². The maximum absolute atomic E-state index is 12.0. The van der Waals surface area contributed by atoms with E-state index in [0.29, 0.717) is 12.0 Å². The van der Waals surface area contributed by atoms with Crippen LogP contribution in [0.25, 0.3) is 0 Å². The second-order valence-corrected chi connectivity index (χ2v) is 4.98. The number of hydrogen-bond acceptors (Lipinski definition) is 3. The first-order valence-corrected chi connectivity index (χ1v) is 6.87. The van der Waals surface area contributed by atoms with Crippen LogP contribution in [0.3, 0.4) is 0 Å². The smallest absolute Gasteiger partial charge is 0.251 e. The third kappa shape index (κ3) is 5.39. The number of carbonyl (C=O) groups is 2. The Kier molecular flexibility index (Phi) is 6.62. The molecule has 0 aromatic heterocycles. The molecule has 0 radical (unpaired) electrons. The number of amides is 2. The molecular formula is C16H22N2O3. The van der Waals surface area contributed by atoms with Crippen LogP contribution in [0.4, 0.5) is 0 Å². The van der Waals surface area contributed by atoms with Crippen LogP contribution in [-0.4, -0.2) is 35.6 Å². The van der Waals surface area contributed by atoms with Gasteiger partial charge in [0.05, 0.1) is 12.6 Å². The minimum absolute atomic E-state index is 0.170. The predicted molar refractivity (Wildman–Crippen MR) is 81.9 cm³/mol. The van der Waals surface area contributed by atoms with Crippen LogP contribution in [0.2, 0.25) is 0 Å². The molecule has 0 fully saturated rings. The van der Waals surface area contributed by atoms with Crippen molar-refractivity contribution < 1.29 is 14.7 Å². The third-order valence-electron chi connectivity index (χ3n) is 3.04. The number of hydrogen-bond donors (Lipinski definition) is 3. The fraction of sp³-hybridized carbons (Fsp3) is 0.375. The van der Waals surface area contributed by atoms with E-state index < -0.39 is 6.04 Å². The molecule has 0 aliphatic rings. The van der Waals surface area contributed by atoms with Crippen LogP contribution in [-0.2, 0) is 4.79 Å². The molecule has 0 aliphatic heterocycles. The van der Waals surface area contributed by atoms with Gasteiger partial charge in [0.1, 0.15) is 6.04 Å². The van der Waals surface area contributed by atoms with Gasteiger partial charge in [0.25, 0.3) is 5.91 Å². The van der Waals surface area contributed by atoms with Crippen molar-refractivity contribution in [2.75, 3.05) is 6.61 Å². The van der Waals surface area contributed by atoms with E-state index >= 15 is 0 Å². The van der Waals surface area contributed by atoms with E-state index in [-0.39, 0.29) is 24.5 Å². The number of aryl methyl sites for hydroxylation is 1. The summed E-state index contributed by atoms with van der Waals surface area (Å²) in [6.07, 6.45) is 2.10. The molecule has 114 valence electrons. The van der Waals surface area contributed by atoms with Crippen molar-refractivity contribution in [1.82, 2.24) is 10.6 Å². The largest absolute Gasteiger partial charge is 0.394 e. The van der Waals surface area contributed by atoms with Gasteiger partial charge in [-0.3, -0.25) is 9.59 Å². The first kappa shape index (κ1) is 16.9. The molecule has 2 atom stereocenters. The third-order valence-corrected chi connectivity index (χ3v) is 3.04. The zero-order valence-corrected chi connectivity index (χ0v) is 12.4. The van der Waals surface area contributed by atoms with Crippen LogP contribution >= 0.6 is 0 Å². The number of carbonyl (C=O) groups excluding carboxylic acids is 2. The Labute approximate surface area is 125 Å². The van der Waals surface area contributed by atoms with Gasteiger partial charge in [-0.2, -0.15) is 0 Å². The Hall–Kier alpha value is -2.14. The zero-order valence-electron chi connectivity index (χ0n) is 12.4. The van der Waals surface area contributed by atoms with E-state index in [1.54, 1.807) is 31.2 Å². The van der Waals surface area contributed by atoms with Crippen molar-refractivity contribution in [3.8, 4) is 0 Å². The molecule has 0 heterocycles. The Morgan fingerprint density at radius 2 is 2.10 bits per heavy atom. The van der Waals surface area contributed by atoms with E-state index in [4.69, 9.17) is 5.11 Å². The molecule has 0 spiro atoms. The minimum Gasteiger partial charge on any atom is -0.394 e. The molecule has 5 nitrogen and oxygen atoms in total. The first-order chi connectivity index (χ1) is 9.97. The van der Waals surface area contributed by atoms with Gasteiger partial charge in [-0.25, -0.2) is 0 Å². The van der Waals surface area contributed by atoms with E-state index in [9.17, 15) is 9.59 Å². The van der Waals surface area contributed by atoms with Gasteiger partial charge in [-0.05, 0) is 32.4 Å². The van der Waals surface area contributed by atoms with Crippen molar-refractivity contribution in [3.63, 3.8) is 0 Å². The number of aliphatic hydroxyl groups excluding tert-OH is 1.